The van der Waals surface area contributed by atoms with Crippen molar-refractivity contribution in [1.82, 2.24) is 14.7 Å². The number of carbonyl (C=O) groups is 3. The Hall–Kier alpha value is -2.63. The van der Waals surface area contributed by atoms with Crippen LogP contribution < -0.4 is 5.73 Å². The molecular weight excluding hydrogens is 343 g/mol. The van der Waals surface area contributed by atoms with Crippen LogP contribution in [-0.4, -0.2) is 93.8 Å². The van der Waals surface area contributed by atoms with E-state index >= 15 is 0 Å². The van der Waals surface area contributed by atoms with Crippen molar-refractivity contribution >= 4 is 24.8 Å². The Labute approximate surface area is 150 Å². The molecule has 4 aliphatic rings. The van der Waals surface area contributed by atoms with E-state index in [1.807, 2.05) is 14.7 Å². The van der Waals surface area contributed by atoms with Crippen LogP contribution in [0.25, 0.3) is 0 Å². The van der Waals surface area contributed by atoms with Gasteiger partial charge in [0.25, 0.3) is 0 Å². The second kappa shape index (κ2) is 8.17. The van der Waals surface area contributed by atoms with Gasteiger partial charge in [-0.05, 0) is 6.08 Å². The molecule has 0 bridgehead atoms. The van der Waals surface area contributed by atoms with Gasteiger partial charge in [-0.1, -0.05) is 6.58 Å². The third-order valence-electron chi connectivity index (χ3n) is 3.69. The second-order valence-corrected chi connectivity index (χ2v) is 5.83. The van der Waals surface area contributed by atoms with Gasteiger partial charge in [0, 0.05) is 45.3 Å². The van der Waals surface area contributed by atoms with Gasteiger partial charge in [-0.2, -0.15) is 0 Å². The molecular formula is C15H21BN4O6. The molecule has 0 aromatic carbocycles. The third kappa shape index (κ3) is 5.44. The summed E-state index contributed by atoms with van der Waals surface area (Å²) in [5.41, 5.74) is 6.42. The van der Waals surface area contributed by atoms with Crippen molar-refractivity contribution in [3.63, 3.8) is 0 Å². The van der Waals surface area contributed by atoms with Gasteiger partial charge in [-0.25, -0.2) is 0 Å². The molecule has 3 heterocycles. The average Bonchev–Trinajstić information content (AvgIpc) is 3.38. The van der Waals surface area contributed by atoms with E-state index in [2.05, 4.69) is 12.3 Å². The molecule has 140 valence electrons. The molecule has 1 amide bonds. The highest BCUT2D eigenvalue weighted by Gasteiger charge is 2.43. The minimum absolute atomic E-state index is 0.00546. The molecule has 3 saturated heterocycles. The summed E-state index contributed by atoms with van der Waals surface area (Å²) in [5.74, 6) is -0.433. The third-order valence-corrected chi connectivity index (χ3v) is 3.69. The van der Waals surface area contributed by atoms with E-state index < -0.39 is 13.2 Å². The number of hydrogen-bond acceptors (Lipinski definition) is 9. The fourth-order valence-corrected chi connectivity index (χ4v) is 2.28. The highest BCUT2D eigenvalue weighted by Crippen LogP contribution is 2.33. The molecule has 0 unspecified atom stereocenters. The number of allylic oxidation sites excluding steroid dienone is 1. The van der Waals surface area contributed by atoms with Crippen LogP contribution in [0.4, 0.5) is 0 Å². The van der Waals surface area contributed by atoms with Crippen molar-refractivity contribution in [3.05, 3.63) is 35.8 Å². The SMILES string of the molecule is C=CC(N)=O.O=C1C=C(N2CC2)C(=O)C(N2CC2)=C1N1CC1.OB(O)O. The first-order chi connectivity index (χ1) is 12.3. The zero-order valence-corrected chi connectivity index (χ0v) is 14.2. The first kappa shape index (κ1) is 19.7. The van der Waals surface area contributed by atoms with E-state index in [1.165, 1.54) is 6.08 Å². The Bertz CT molecular complexity index is 675. The van der Waals surface area contributed by atoms with Crippen LogP contribution in [0.2, 0.25) is 0 Å². The largest absolute Gasteiger partial charge is 0.631 e. The Kier molecular flexibility index (Phi) is 6.19. The summed E-state index contributed by atoms with van der Waals surface area (Å²) >= 11 is 0. The van der Waals surface area contributed by atoms with Crippen LogP contribution in [0.3, 0.4) is 0 Å². The normalized spacial score (nSPS) is 19.7. The maximum absolute atomic E-state index is 12.4. The van der Waals surface area contributed by atoms with E-state index in [1.54, 1.807) is 0 Å². The molecule has 4 rings (SSSR count). The summed E-state index contributed by atoms with van der Waals surface area (Å²) in [6.45, 7) is 8.49. The number of hydrogen-bond donors (Lipinski definition) is 4. The van der Waals surface area contributed by atoms with Crippen LogP contribution >= 0.6 is 0 Å². The molecule has 0 radical (unpaired) electrons. The van der Waals surface area contributed by atoms with Gasteiger partial charge in [-0.3, -0.25) is 14.4 Å². The van der Waals surface area contributed by atoms with Crippen LogP contribution in [0.15, 0.2) is 35.8 Å². The first-order valence-electron chi connectivity index (χ1n) is 8.02. The van der Waals surface area contributed by atoms with E-state index in [-0.39, 0.29) is 11.6 Å². The molecule has 0 aromatic heterocycles. The first-order valence-corrected chi connectivity index (χ1v) is 8.02. The highest BCUT2D eigenvalue weighted by atomic mass is 16.5. The predicted molar refractivity (Wildman–Crippen MR) is 91.6 cm³/mol. The van der Waals surface area contributed by atoms with Gasteiger partial charge in [0.15, 0.2) is 0 Å². The summed E-state index contributed by atoms with van der Waals surface area (Å²) in [7, 11) is -2.17. The molecule has 26 heavy (non-hydrogen) atoms. The number of carbonyl (C=O) groups excluding carboxylic acids is 3. The molecule has 0 saturated carbocycles. The molecule has 3 fully saturated rings. The molecule has 5 N–H and O–H groups in total. The fraction of sp³-hybridized carbons (Fsp3) is 0.400. The van der Waals surface area contributed by atoms with Crippen molar-refractivity contribution in [2.24, 2.45) is 5.73 Å². The average molecular weight is 364 g/mol. The number of primary amides is 1. The van der Waals surface area contributed by atoms with E-state index in [9.17, 15) is 14.4 Å². The van der Waals surface area contributed by atoms with Crippen LogP contribution in [0.1, 0.15) is 0 Å². The molecule has 10 nitrogen and oxygen atoms in total. The summed E-state index contributed by atoms with van der Waals surface area (Å²) < 4.78 is 0. The van der Waals surface area contributed by atoms with Crippen LogP contribution in [0, 0.1) is 0 Å². The number of nitrogens with zero attached hydrogens (tertiary/aromatic N) is 3. The van der Waals surface area contributed by atoms with Crippen molar-refractivity contribution < 1.29 is 29.5 Å². The van der Waals surface area contributed by atoms with E-state index in [0.29, 0.717) is 17.1 Å². The van der Waals surface area contributed by atoms with Crippen LogP contribution in [-0.2, 0) is 14.4 Å². The lowest BCUT2D eigenvalue weighted by Gasteiger charge is -2.21. The van der Waals surface area contributed by atoms with Crippen molar-refractivity contribution in [2.45, 2.75) is 0 Å². The van der Waals surface area contributed by atoms with Gasteiger partial charge in [-0.15, -0.1) is 0 Å². The zero-order valence-electron chi connectivity index (χ0n) is 14.2. The fourth-order valence-electron chi connectivity index (χ4n) is 2.28. The lowest BCUT2D eigenvalue weighted by atomic mass is 10.0. The minimum atomic E-state index is -2.17. The molecule has 0 atom stereocenters. The zero-order chi connectivity index (χ0) is 19.4. The lowest BCUT2D eigenvalue weighted by Crippen LogP contribution is -2.29. The summed E-state index contributed by atoms with van der Waals surface area (Å²) in [6.07, 6.45) is 2.58. The minimum Gasteiger partial charge on any atom is -0.402 e. The molecule has 11 heteroatoms. The molecule has 0 aromatic rings. The van der Waals surface area contributed by atoms with Crippen molar-refractivity contribution in [1.29, 1.82) is 0 Å². The standard InChI is InChI=1S/C12H13N3O2.C3H5NO.BH3O3/c16-9-7-8(13-1-2-13)12(17)11(15-5-6-15)10(9)14-3-4-14;1-2-3(4)5;2-1(3)4/h7H,1-6H2;2H,1H2,(H2,4,5);2-4H. The maximum atomic E-state index is 12.4. The Morgan fingerprint density at radius 1 is 1.00 bits per heavy atom. The summed E-state index contributed by atoms with van der Waals surface area (Å²) in [6, 6.07) is 0. The Balaban J connectivity index is 0.000000229. The van der Waals surface area contributed by atoms with Crippen molar-refractivity contribution in [2.75, 3.05) is 39.3 Å². The quantitative estimate of drug-likeness (QED) is 0.175. The van der Waals surface area contributed by atoms with Gasteiger partial charge < -0.3 is 35.5 Å². The van der Waals surface area contributed by atoms with Gasteiger partial charge in [0.05, 0.1) is 5.70 Å². The highest BCUT2D eigenvalue weighted by molar-refractivity contribution is 6.30. The lowest BCUT2D eigenvalue weighted by molar-refractivity contribution is -0.117. The van der Waals surface area contributed by atoms with Gasteiger partial charge in [0.1, 0.15) is 11.4 Å². The second-order valence-electron chi connectivity index (χ2n) is 5.83. The number of Topliss-reactive ketones (excluding diaryl/α,β-unsaturated/α-hetero) is 1. The van der Waals surface area contributed by atoms with Crippen LogP contribution in [0.5, 0.6) is 0 Å². The Morgan fingerprint density at radius 3 is 1.73 bits per heavy atom. The van der Waals surface area contributed by atoms with E-state index in [0.717, 1.165) is 45.3 Å². The monoisotopic (exact) mass is 364 g/mol. The van der Waals surface area contributed by atoms with E-state index in [4.69, 9.17) is 15.1 Å². The van der Waals surface area contributed by atoms with Gasteiger partial charge >= 0.3 is 7.32 Å². The summed E-state index contributed by atoms with van der Waals surface area (Å²) in [5, 5.41) is 21.5. The molecule has 3 aliphatic heterocycles. The number of nitrogens with two attached hydrogens (primary N) is 1. The topological polar surface area (TPSA) is 147 Å². The summed E-state index contributed by atoms with van der Waals surface area (Å²) in [4.78, 5) is 39.9. The Morgan fingerprint density at radius 2 is 1.38 bits per heavy atom. The smallest absolute Gasteiger partial charge is 0.402 e. The molecule has 0 spiro atoms. The number of ketones is 2. The molecule has 1 aliphatic carbocycles. The maximum Gasteiger partial charge on any atom is 0.631 e. The van der Waals surface area contributed by atoms with Gasteiger partial charge in [0.2, 0.25) is 17.5 Å². The predicted octanol–water partition coefficient (Wildman–Crippen LogP) is -3.21. The van der Waals surface area contributed by atoms with Crippen molar-refractivity contribution in [3.8, 4) is 0 Å². The number of rotatable bonds is 4. The number of amides is 1.